The minimum Gasteiger partial charge on any atom is -0.545 e. The molecule has 2 aliphatic heterocycles. The van der Waals surface area contributed by atoms with E-state index in [4.69, 9.17) is 0 Å². The van der Waals surface area contributed by atoms with E-state index in [0.29, 0.717) is 23.7 Å². The third-order valence-corrected chi connectivity index (χ3v) is 5.04. The highest BCUT2D eigenvalue weighted by Gasteiger charge is 2.32. The minimum atomic E-state index is -1.08. The first-order valence-corrected chi connectivity index (χ1v) is 7.79. The van der Waals surface area contributed by atoms with Gasteiger partial charge in [-0.2, -0.15) is 0 Å². The number of aromatic nitrogens is 1. The SMILES string of the molecule is O=C([O-])c1cn(C2CC3CCCC(C2)N3)c2ccccc12. The van der Waals surface area contributed by atoms with Gasteiger partial charge in [-0.1, -0.05) is 24.6 Å². The number of rotatable bonds is 2. The van der Waals surface area contributed by atoms with Gasteiger partial charge in [0.05, 0.1) is 5.97 Å². The van der Waals surface area contributed by atoms with Gasteiger partial charge >= 0.3 is 0 Å². The van der Waals surface area contributed by atoms with Gasteiger partial charge in [0.15, 0.2) is 0 Å². The number of benzene rings is 1. The number of para-hydroxylation sites is 1. The van der Waals surface area contributed by atoms with E-state index in [0.717, 1.165) is 23.7 Å². The molecule has 2 aliphatic rings. The standard InChI is InChI=1S/C17H20N2O2/c20-17(21)15-10-19(16-7-2-1-6-14(15)16)13-8-11-4-3-5-12(9-13)18-11/h1-2,6-7,10-13,18H,3-5,8-9H2,(H,20,21)/p-1. The number of carbonyl (C=O) groups excluding carboxylic acids is 1. The summed E-state index contributed by atoms with van der Waals surface area (Å²) in [6.45, 7) is 0. The van der Waals surface area contributed by atoms with E-state index in [9.17, 15) is 9.90 Å². The molecule has 2 bridgehead atoms. The van der Waals surface area contributed by atoms with Crippen molar-refractivity contribution in [2.75, 3.05) is 0 Å². The van der Waals surface area contributed by atoms with E-state index in [1.165, 1.54) is 19.3 Å². The number of nitrogens with one attached hydrogen (secondary N) is 1. The molecule has 4 heteroatoms. The molecule has 0 aliphatic carbocycles. The zero-order chi connectivity index (χ0) is 14.4. The lowest BCUT2D eigenvalue weighted by Gasteiger charge is -2.41. The highest BCUT2D eigenvalue weighted by molar-refractivity contribution is 6.02. The molecule has 2 fully saturated rings. The smallest absolute Gasteiger partial charge is 0.0736 e. The first-order chi connectivity index (χ1) is 10.2. The molecule has 4 rings (SSSR count). The maximum atomic E-state index is 11.4. The Kier molecular flexibility index (Phi) is 3.00. The van der Waals surface area contributed by atoms with Gasteiger partial charge in [-0.05, 0) is 31.7 Å². The van der Waals surface area contributed by atoms with Gasteiger partial charge in [0, 0.05) is 40.8 Å². The molecule has 21 heavy (non-hydrogen) atoms. The van der Waals surface area contributed by atoms with Crippen molar-refractivity contribution >= 4 is 16.9 Å². The van der Waals surface area contributed by atoms with Crippen LogP contribution in [0.3, 0.4) is 0 Å². The molecule has 0 spiro atoms. The average Bonchev–Trinajstić information content (AvgIpc) is 2.86. The van der Waals surface area contributed by atoms with Crippen LogP contribution in [0.15, 0.2) is 30.5 Å². The summed E-state index contributed by atoms with van der Waals surface area (Å²) in [5.74, 6) is -1.08. The summed E-state index contributed by atoms with van der Waals surface area (Å²) in [6, 6.07) is 9.29. The number of hydrogen-bond donors (Lipinski definition) is 1. The molecule has 2 saturated heterocycles. The molecule has 2 unspecified atom stereocenters. The summed E-state index contributed by atoms with van der Waals surface area (Å²) < 4.78 is 2.17. The molecule has 2 aromatic rings. The van der Waals surface area contributed by atoms with Crippen LogP contribution in [0.2, 0.25) is 0 Å². The molecule has 4 nitrogen and oxygen atoms in total. The molecule has 0 saturated carbocycles. The van der Waals surface area contributed by atoms with Crippen LogP contribution >= 0.6 is 0 Å². The number of piperidine rings is 2. The van der Waals surface area contributed by atoms with Gasteiger partial charge in [-0.25, -0.2) is 0 Å². The van der Waals surface area contributed by atoms with Crippen LogP contribution in [0.5, 0.6) is 0 Å². The lowest BCUT2D eigenvalue weighted by molar-refractivity contribution is -0.254. The number of carboxylic acids is 1. The van der Waals surface area contributed by atoms with Crippen molar-refractivity contribution in [1.82, 2.24) is 9.88 Å². The Hall–Kier alpha value is -1.81. The van der Waals surface area contributed by atoms with E-state index in [1.807, 2.05) is 24.3 Å². The van der Waals surface area contributed by atoms with E-state index in [2.05, 4.69) is 9.88 Å². The van der Waals surface area contributed by atoms with Gasteiger partial charge in [0.2, 0.25) is 0 Å². The van der Waals surface area contributed by atoms with E-state index in [-0.39, 0.29) is 0 Å². The monoisotopic (exact) mass is 283 g/mol. The number of carbonyl (C=O) groups is 1. The van der Waals surface area contributed by atoms with Gasteiger partial charge in [-0.3, -0.25) is 0 Å². The Morgan fingerprint density at radius 2 is 1.90 bits per heavy atom. The van der Waals surface area contributed by atoms with E-state index < -0.39 is 5.97 Å². The fourth-order valence-electron chi connectivity index (χ4n) is 4.13. The summed E-state index contributed by atoms with van der Waals surface area (Å²) >= 11 is 0. The molecular weight excluding hydrogens is 264 g/mol. The summed E-state index contributed by atoms with van der Waals surface area (Å²) in [4.78, 5) is 11.4. The van der Waals surface area contributed by atoms with E-state index in [1.54, 1.807) is 6.20 Å². The van der Waals surface area contributed by atoms with Crippen LogP contribution in [-0.4, -0.2) is 22.6 Å². The van der Waals surface area contributed by atoms with Crippen molar-refractivity contribution in [3.8, 4) is 0 Å². The molecule has 110 valence electrons. The zero-order valence-electron chi connectivity index (χ0n) is 11.9. The second kappa shape index (κ2) is 4.88. The molecule has 1 aromatic carbocycles. The Balaban J connectivity index is 1.78. The first-order valence-electron chi connectivity index (χ1n) is 7.79. The van der Waals surface area contributed by atoms with Crippen LogP contribution in [0.25, 0.3) is 10.9 Å². The quantitative estimate of drug-likeness (QED) is 0.915. The number of aromatic carboxylic acids is 1. The Morgan fingerprint density at radius 1 is 1.19 bits per heavy atom. The predicted octanol–water partition coefficient (Wildman–Crippen LogP) is 1.85. The molecule has 1 N–H and O–H groups in total. The molecule has 3 heterocycles. The second-order valence-corrected chi connectivity index (χ2v) is 6.37. The Bertz CT molecular complexity index is 679. The second-order valence-electron chi connectivity index (χ2n) is 6.37. The number of nitrogens with zero attached hydrogens (tertiary/aromatic N) is 1. The van der Waals surface area contributed by atoms with Crippen LogP contribution in [-0.2, 0) is 0 Å². The van der Waals surface area contributed by atoms with Crippen molar-refractivity contribution in [3.05, 3.63) is 36.0 Å². The molecule has 1 aromatic heterocycles. The lowest BCUT2D eigenvalue weighted by Crippen LogP contribution is -2.48. The van der Waals surface area contributed by atoms with Gasteiger partial charge in [-0.15, -0.1) is 0 Å². The highest BCUT2D eigenvalue weighted by atomic mass is 16.4. The van der Waals surface area contributed by atoms with Gasteiger partial charge < -0.3 is 19.8 Å². The van der Waals surface area contributed by atoms with Crippen molar-refractivity contribution in [3.63, 3.8) is 0 Å². The van der Waals surface area contributed by atoms with Crippen molar-refractivity contribution in [1.29, 1.82) is 0 Å². The largest absolute Gasteiger partial charge is 0.545 e. The minimum absolute atomic E-state index is 0.314. The van der Waals surface area contributed by atoms with Gasteiger partial charge in [0.1, 0.15) is 0 Å². The van der Waals surface area contributed by atoms with E-state index >= 15 is 0 Å². The molecule has 0 amide bonds. The Morgan fingerprint density at radius 3 is 2.62 bits per heavy atom. The van der Waals surface area contributed by atoms with Crippen LogP contribution < -0.4 is 10.4 Å². The van der Waals surface area contributed by atoms with Crippen molar-refractivity contribution in [2.24, 2.45) is 0 Å². The predicted molar refractivity (Wildman–Crippen MR) is 79.1 cm³/mol. The van der Waals surface area contributed by atoms with Crippen LogP contribution in [0, 0.1) is 0 Å². The maximum Gasteiger partial charge on any atom is 0.0736 e. The zero-order valence-corrected chi connectivity index (χ0v) is 11.9. The summed E-state index contributed by atoms with van der Waals surface area (Å²) in [5, 5.41) is 15.9. The van der Waals surface area contributed by atoms with Crippen LogP contribution in [0.4, 0.5) is 0 Å². The summed E-state index contributed by atoms with van der Waals surface area (Å²) in [6.07, 6.45) is 7.74. The number of carboxylic acid groups (broad SMARTS) is 1. The molecular formula is C17H19N2O2-. The molecule has 2 atom stereocenters. The third kappa shape index (κ3) is 2.14. The third-order valence-electron chi connectivity index (χ3n) is 5.04. The maximum absolute atomic E-state index is 11.4. The molecule has 0 radical (unpaired) electrons. The first kappa shape index (κ1) is 12.9. The topological polar surface area (TPSA) is 57.1 Å². The van der Waals surface area contributed by atoms with Gasteiger partial charge in [0.25, 0.3) is 0 Å². The Labute approximate surface area is 123 Å². The number of hydrogen-bond acceptors (Lipinski definition) is 3. The fourth-order valence-corrected chi connectivity index (χ4v) is 4.13. The summed E-state index contributed by atoms with van der Waals surface area (Å²) in [5.41, 5.74) is 1.33. The van der Waals surface area contributed by atoms with Crippen LogP contribution in [0.1, 0.15) is 48.5 Å². The average molecular weight is 283 g/mol. The van der Waals surface area contributed by atoms with Crippen molar-refractivity contribution in [2.45, 2.75) is 50.2 Å². The van der Waals surface area contributed by atoms with Crippen molar-refractivity contribution < 1.29 is 9.90 Å². The lowest BCUT2D eigenvalue weighted by atomic mass is 9.84. The normalized spacial score (nSPS) is 28.7. The number of fused-ring (bicyclic) bond motifs is 3. The summed E-state index contributed by atoms with van der Waals surface area (Å²) in [7, 11) is 0. The fraction of sp³-hybridized carbons (Fsp3) is 0.471. The highest BCUT2D eigenvalue weighted by Crippen LogP contribution is 2.35.